The van der Waals surface area contributed by atoms with E-state index < -0.39 is 0 Å². The summed E-state index contributed by atoms with van der Waals surface area (Å²) in [5, 5.41) is 6.44. The van der Waals surface area contributed by atoms with Crippen molar-refractivity contribution in [1.82, 2.24) is 14.7 Å². The minimum absolute atomic E-state index is 0.0609. The number of rotatable bonds is 6. The Labute approximate surface area is 187 Å². The van der Waals surface area contributed by atoms with Gasteiger partial charge < -0.3 is 0 Å². The molecular formula is C26H27N3OS. The summed E-state index contributed by atoms with van der Waals surface area (Å²) in [6, 6.07) is 22.7. The summed E-state index contributed by atoms with van der Waals surface area (Å²) in [4.78, 5) is 16.6. The Kier molecular flexibility index (Phi) is 6.25. The SMILES string of the molecule is CSc1ccc(CN(C)Cn2nc(-c3cc(C)ccc3C)c3ccccc3c2=O)cc1. The summed E-state index contributed by atoms with van der Waals surface area (Å²) in [6.07, 6.45) is 2.08. The summed E-state index contributed by atoms with van der Waals surface area (Å²) in [5.41, 5.74) is 5.40. The van der Waals surface area contributed by atoms with Crippen LogP contribution < -0.4 is 5.56 Å². The van der Waals surface area contributed by atoms with Crippen LogP contribution in [0.25, 0.3) is 22.0 Å². The van der Waals surface area contributed by atoms with Crippen LogP contribution in [0.15, 0.2) is 76.4 Å². The molecule has 0 radical (unpaired) electrons. The van der Waals surface area contributed by atoms with Crippen molar-refractivity contribution in [3.63, 3.8) is 0 Å². The minimum atomic E-state index is -0.0609. The third-order valence-electron chi connectivity index (χ3n) is 5.50. The molecule has 0 saturated carbocycles. The summed E-state index contributed by atoms with van der Waals surface area (Å²) >= 11 is 1.73. The van der Waals surface area contributed by atoms with Crippen LogP contribution in [-0.4, -0.2) is 28.0 Å². The van der Waals surface area contributed by atoms with Crippen LogP contribution in [0, 0.1) is 13.8 Å². The standard InChI is InChI=1S/C26H27N3OS/c1-18-9-10-19(2)24(15-18)25-22-7-5-6-8-23(22)26(30)29(27-25)17-28(3)16-20-11-13-21(31-4)14-12-20/h5-15H,16-17H2,1-4H3. The molecule has 0 aliphatic heterocycles. The van der Waals surface area contributed by atoms with E-state index >= 15 is 0 Å². The largest absolute Gasteiger partial charge is 0.283 e. The molecule has 0 saturated heterocycles. The lowest BCUT2D eigenvalue weighted by atomic mass is 9.99. The zero-order valence-electron chi connectivity index (χ0n) is 18.4. The van der Waals surface area contributed by atoms with Gasteiger partial charge in [0.15, 0.2) is 0 Å². The molecule has 0 aliphatic carbocycles. The average molecular weight is 430 g/mol. The second kappa shape index (κ2) is 9.08. The molecule has 0 fully saturated rings. The Morgan fingerprint density at radius 3 is 2.39 bits per heavy atom. The molecule has 0 bridgehead atoms. The van der Waals surface area contributed by atoms with E-state index in [0.29, 0.717) is 12.1 Å². The van der Waals surface area contributed by atoms with E-state index in [9.17, 15) is 4.79 Å². The smallest absolute Gasteiger partial charge is 0.275 e. The Bertz CT molecular complexity index is 1280. The number of hydrogen-bond donors (Lipinski definition) is 0. The molecule has 1 aromatic heterocycles. The lowest BCUT2D eigenvalue weighted by Crippen LogP contribution is -2.32. The van der Waals surface area contributed by atoms with Crippen molar-refractivity contribution in [1.29, 1.82) is 0 Å². The number of aromatic nitrogens is 2. The van der Waals surface area contributed by atoms with E-state index in [1.54, 1.807) is 16.4 Å². The Hall–Kier alpha value is -2.89. The molecule has 0 spiro atoms. The maximum absolute atomic E-state index is 13.2. The van der Waals surface area contributed by atoms with Gasteiger partial charge in [-0.1, -0.05) is 48.0 Å². The maximum atomic E-state index is 13.2. The molecule has 4 nitrogen and oxygen atoms in total. The average Bonchev–Trinajstić information content (AvgIpc) is 2.78. The van der Waals surface area contributed by atoms with E-state index in [2.05, 4.69) is 67.5 Å². The van der Waals surface area contributed by atoms with Crippen molar-refractivity contribution in [2.24, 2.45) is 0 Å². The predicted octanol–water partition coefficient (Wildman–Crippen LogP) is 5.49. The lowest BCUT2D eigenvalue weighted by molar-refractivity contribution is 0.241. The first kappa shape index (κ1) is 21.3. The van der Waals surface area contributed by atoms with Gasteiger partial charge in [0.2, 0.25) is 0 Å². The van der Waals surface area contributed by atoms with Gasteiger partial charge >= 0.3 is 0 Å². The topological polar surface area (TPSA) is 38.1 Å². The Morgan fingerprint density at radius 1 is 0.968 bits per heavy atom. The van der Waals surface area contributed by atoms with Gasteiger partial charge in [-0.25, -0.2) is 4.68 Å². The van der Waals surface area contributed by atoms with Crippen molar-refractivity contribution >= 4 is 22.5 Å². The summed E-state index contributed by atoms with van der Waals surface area (Å²) in [5.74, 6) is 0. The Morgan fingerprint density at radius 2 is 1.68 bits per heavy atom. The van der Waals surface area contributed by atoms with Crippen molar-refractivity contribution in [2.75, 3.05) is 13.3 Å². The highest BCUT2D eigenvalue weighted by atomic mass is 32.2. The predicted molar refractivity (Wildman–Crippen MR) is 131 cm³/mol. The van der Waals surface area contributed by atoms with Crippen LogP contribution in [0.2, 0.25) is 0 Å². The summed E-state index contributed by atoms with van der Waals surface area (Å²) < 4.78 is 1.59. The molecule has 3 aromatic carbocycles. The van der Waals surface area contributed by atoms with Gasteiger partial charge in [0.05, 0.1) is 17.7 Å². The number of fused-ring (bicyclic) bond motifs is 1. The maximum Gasteiger partial charge on any atom is 0.275 e. The molecule has 0 atom stereocenters. The van der Waals surface area contributed by atoms with E-state index in [1.807, 2.05) is 31.3 Å². The second-order valence-electron chi connectivity index (χ2n) is 8.02. The first-order valence-corrected chi connectivity index (χ1v) is 11.6. The fourth-order valence-corrected chi connectivity index (χ4v) is 4.25. The van der Waals surface area contributed by atoms with Crippen LogP contribution in [-0.2, 0) is 13.2 Å². The van der Waals surface area contributed by atoms with E-state index in [4.69, 9.17) is 5.10 Å². The van der Waals surface area contributed by atoms with Gasteiger partial charge in [-0.05, 0) is 62.5 Å². The number of nitrogens with zero attached hydrogens (tertiary/aromatic N) is 3. The lowest BCUT2D eigenvalue weighted by Gasteiger charge is -2.19. The first-order valence-electron chi connectivity index (χ1n) is 10.3. The molecule has 31 heavy (non-hydrogen) atoms. The van der Waals surface area contributed by atoms with Gasteiger partial charge in [-0.15, -0.1) is 11.8 Å². The van der Waals surface area contributed by atoms with Crippen LogP contribution in [0.1, 0.15) is 16.7 Å². The molecule has 4 rings (SSSR count). The molecule has 0 N–H and O–H groups in total. The van der Waals surface area contributed by atoms with Gasteiger partial charge in [0.1, 0.15) is 0 Å². The van der Waals surface area contributed by atoms with Crippen LogP contribution >= 0.6 is 11.8 Å². The number of thioether (sulfide) groups is 1. The molecule has 5 heteroatoms. The van der Waals surface area contributed by atoms with Gasteiger partial charge in [0.25, 0.3) is 5.56 Å². The molecule has 0 aliphatic rings. The van der Waals surface area contributed by atoms with Gasteiger partial charge in [-0.2, -0.15) is 5.10 Å². The molecule has 0 amide bonds. The van der Waals surface area contributed by atoms with E-state index in [0.717, 1.165) is 28.8 Å². The highest BCUT2D eigenvalue weighted by Gasteiger charge is 2.15. The van der Waals surface area contributed by atoms with Crippen molar-refractivity contribution < 1.29 is 0 Å². The first-order chi connectivity index (χ1) is 15.0. The zero-order valence-corrected chi connectivity index (χ0v) is 19.2. The number of benzene rings is 3. The second-order valence-corrected chi connectivity index (χ2v) is 8.90. The summed E-state index contributed by atoms with van der Waals surface area (Å²) in [7, 11) is 2.02. The molecule has 158 valence electrons. The molecule has 1 heterocycles. The number of aryl methyl sites for hydroxylation is 2. The molecule has 0 unspecified atom stereocenters. The summed E-state index contributed by atoms with van der Waals surface area (Å²) in [6.45, 7) is 5.34. The molecule has 4 aromatic rings. The fraction of sp³-hybridized carbons (Fsp3) is 0.231. The third kappa shape index (κ3) is 4.58. The third-order valence-corrected chi connectivity index (χ3v) is 6.25. The van der Waals surface area contributed by atoms with Gasteiger partial charge in [0, 0.05) is 22.4 Å². The zero-order chi connectivity index (χ0) is 22.0. The fourth-order valence-electron chi connectivity index (χ4n) is 3.84. The highest BCUT2D eigenvalue weighted by molar-refractivity contribution is 7.98. The minimum Gasteiger partial charge on any atom is -0.283 e. The van der Waals surface area contributed by atoms with Gasteiger partial charge in [-0.3, -0.25) is 9.69 Å². The van der Waals surface area contributed by atoms with Crippen LogP contribution in [0.3, 0.4) is 0 Å². The van der Waals surface area contributed by atoms with Crippen molar-refractivity contribution in [3.8, 4) is 11.3 Å². The van der Waals surface area contributed by atoms with Crippen LogP contribution in [0.5, 0.6) is 0 Å². The monoisotopic (exact) mass is 429 g/mol. The number of hydrogen-bond acceptors (Lipinski definition) is 4. The van der Waals surface area contributed by atoms with E-state index in [1.165, 1.54) is 16.0 Å². The van der Waals surface area contributed by atoms with Crippen molar-refractivity contribution in [3.05, 3.63) is 93.8 Å². The highest BCUT2D eigenvalue weighted by Crippen LogP contribution is 2.28. The normalized spacial score (nSPS) is 11.4. The van der Waals surface area contributed by atoms with Crippen LogP contribution in [0.4, 0.5) is 0 Å². The molecular weight excluding hydrogens is 402 g/mol. The Balaban J connectivity index is 1.73. The quantitative estimate of drug-likeness (QED) is 0.380. The van der Waals surface area contributed by atoms with E-state index in [-0.39, 0.29) is 5.56 Å². The van der Waals surface area contributed by atoms with Crippen molar-refractivity contribution in [2.45, 2.75) is 32.0 Å².